The minimum atomic E-state index is 0.900. The number of anilines is 3. The largest absolute Gasteiger partial charge is 0.455 e. The van der Waals surface area contributed by atoms with Crippen molar-refractivity contribution in [2.75, 3.05) is 4.90 Å². The van der Waals surface area contributed by atoms with Crippen LogP contribution in [-0.2, 0) is 0 Å². The summed E-state index contributed by atoms with van der Waals surface area (Å²) >= 11 is 0. The highest BCUT2D eigenvalue weighted by molar-refractivity contribution is 6.11. The van der Waals surface area contributed by atoms with E-state index < -0.39 is 0 Å². The standard InChI is InChI=1S/C72H48N2O/c1-3-14-49(15-4-1)51-26-28-52(29-27-51)54-34-41-59(42-35-54)73(61-45-38-57(39-46-61)63-21-13-22-67-66-20-9-12-25-71(66)75-72(63)67)60-43-36-55(37-44-60)53-30-32-56(33-31-53)62-18-7-10-23-68(62)74-69-24-11-8-19-64(69)65-47-40-58(48-70(65)74)50-16-5-2-6-17-50/h1-48H. The van der Waals surface area contributed by atoms with Crippen molar-refractivity contribution in [2.24, 2.45) is 0 Å². The van der Waals surface area contributed by atoms with Crippen molar-refractivity contribution in [3.63, 3.8) is 0 Å². The Morgan fingerprint density at radius 1 is 0.253 bits per heavy atom. The fourth-order valence-electron chi connectivity index (χ4n) is 11.1. The highest BCUT2D eigenvalue weighted by Crippen LogP contribution is 2.42. The van der Waals surface area contributed by atoms with Gasteiger partial charge in [0.1, 0.15) is 11.2 Å². The number of hydrogen-bond acceptors (Lipinski definition) is 2. The first kappa shape index (κ1) is 43.8. The average Bonchev–Trinajstić information content (AvgIpc) is 4.04. The van der Waals surface area contributed by atoms with Crippen LogP contribution in [0.3, 0.4) is 0 Å². The first-order valence-corrected chi connectivity index (χ1v) is 25.6. The molecule has 0 saturated heterocycles. The Hall–Kier alpha value is -9.96. The quantitative estimate of drug-likeness (QED) is 0.136. The molecule has 0 aliphatic heterocycles. The van der Waals surface area contributed by atoms with Crippen LogP contribution in [0, 0.1) is 0 Å². The summed E-state index contributed by atoms with van der Waals surface area (Å²) in [4.78, 5) is 2.34. The predicted molar refractivity (Wildman–Crippen MR) is 315 cm³/mol. The maximum absolute atomic E-state index is 6.46. The number of para-hydroxylation sites is 4. The summed E-state index contributed by atoms with van der Waals surface area (Å²) in [7, 11) is 0. The molecule has 14 aromatic rings. The molecule has 0 fully saturated rings. The minimum Gasteiger partial charge on any atom is -0.455 e. The molecule has 0 bridgehead atoms. The predicted octanol–water partition coefficient (Wildman–Crippen LogP) is 20.2. The minimum absolute atomic E-state index is 0.900. The van der Waals surface area contributed by atoms with E-state index in [0.717, 1.165) is 72.5 Å². The molecule has 0 aliphatic rings. The van der Waals surface area contributed by atoms with Gasteiger partial charge < -0.3 is 13.9 Å². The van der Waals surface area contributed by atoms with Crippen molar-refractivity contribution >= 4 is 60.8 Å². The average molecular weight is 957 g/mol. The van der Waals surface area contributed by atoms with Gasteiger partial charge in [0.05, 0.1) is 16.7 Å². The molecular formula is C72H48N2O. The third kappa shape index (κ3) is 7.95. The van der Waals surface area contributed by atoms with Crippen molar-refractivity contribution < 1.29 is 4.42 Å². The summed E-state index contributed by atoms with van der Waals surface area (Å²) in [6, 6.07) is 105. The van der Waals surface area contributed by atoms with Gasteiger partial charge in [-0.2, -0.15) is 0 Å². The second-order valence-electron chi connectivity index (χ2n) is 19.2. The topological polar surface area (TPSA) is 21.3 Å². The Bertz CT molecular complexity index is 4340. The van der Waals surface area contributed by atoms with Gasteiger partial charge in [-0.05, 0) is 116 Å². The Labute approximate surface area is 436 Å². The number of nitrogens with zero attached hydrogens (tertiary/aromatic N) is 2. The van der Waals surface area contributed by atoms with E-state index >= 15 is 0 Å². The SMILES string of the molecule is c1ccc(-c2ccc(-c3ccc(N(c4ccc(-c5ccc(-c6ccccc6-n6c7ccccc7c7ccc(-c8ccccc8)cc76)cc5)cc4)c4ccc(-c5cccc6c5oc5ccccc56)cc4)cc3)cc2)cc1. The molecule has 3 nitrogen and oxygen atoms in total. The Balaban J connectivity index is 0.796. The molecule has 14 rings (SSSR count). The van der Waals surface area contributed by atoms with Crippen LogP contribution >= 0.6 is 0 Å². The van der Waals surface area contributed by atoms with Gasteiger partial charge in [-0.1, -0.05) is 231 Å². The van der Waals surface area contributed by atoms with E-state index in [-0.39, 0.29) is 0 Å². The first-order chi connectivity index (χ1) is 37.2. The number of furan rings is 1. The van der Waals surface area contributed by atoms with Crippen LogP contribution in [0.1, 0.15) is 0 Å². The van der Waals surface area contributed by atoms with E-state index in [0.29, 0.717) is 0 Å². The molecule has 0 saturated carbocycles. The molecule has 0 spiro atoms. The summed E-state index contributed by atoms with van der Waals surface area (Å²) in [6.45, 7) is 0. The molecule has 12 aromatic carbocycles. The summed E-state index contributed by atoms with van der Waals surface area (Å²) < 4.78 is 8.90. The van der Waals surface area contributed by atoms with E-state index in [1.807, 2.05) is 12.1 Å². The lowest BCUT2D eigenvalue weighted by atomic mass is 9.98. The van der Waals surface area contributed by atoms with Gasteiger partial charge >= 0.3 is 0 Å². The number of aromatic nitrogens is 1. The van der Waals surface area contributed by atoms with E-state index in [4.69, 9.17) is 4.42 Å². The third-order valence-corrected chi connectivity index (χ3v) is 14.9. The van der Waals surface area contributed by atoms with Crippen molar-refractivity contribution in [2.45, 2.75) is 0 Å². The highest BCUT2D eigenvalue weighted by atomic mass is 16.3. The fourth-order valence-corrected chi connectivity index (χ4v) is 11.1. The van der Waals surface area contributed by atoms with Crippen LogP contribution in [0.4, 0.5) is 17.1 Å². The van der Waals surface area contributed by atoms with E-state index in [2.05, 4.69) is 289 Å². The fraction of sp³-hybridized carbons (Fsp3) is 0. The lowest BCUT2D eigenvalue weighted by molar-refractivity contribution is 0.670. The summed E-state index contributed by atoms with van der Waals surface area (Å²) in [5.74, 6) is 0. The maximum Gasteiger partial charge on any atom is 0.143 e. The van der Waals surface area contributed by atoms with E-state index in [1.165, 1.54) is 60.8 Å². The van der Waals surface area contributed by atoms with Gasteiger partial charge in [0.2, 0.25) is 0 Å². The summed E-state index contributed by atoms with van der Waals surface area (Å²) in [5, 5.41) is 4.75. The van der Waals surface area contributed by atoms with Crippen LogP contribution in [-0.4, -0.2) is 4.57 Å². The van der Waals surface area contributed by atoms with Crippen LogP contribution in [0.2, 0.25) is 0 Å². The Morgan fingerprint density at radius 2 is 0.653 bits per heavy atom. The maximum atomic E-state index is 6.46. The molecule has 0 unspecified atom stereocenters. The second-order valence-corrected chi connectivity index (χ2v) is 19.2. The van der Waals surface area contributed by atoms with Crippen molar-refractivity contribution in [3.8, 4) is 72.4 Å². The number of benzene rings is 12. The number of rotatable bonds is 10. The van der Waals surface area contributed by atoms with Gasteiger partial charge in [0, 0.05) is 49.7 Å². The normalized spacial score (nSPS) is 11.5. The van der Waals surface area contributed by atoms with Crippen molar-refractivity contribution in [3.05, 3.63) is 291 Å². The van der Waals surface area contributed by atoms with Gasteiger partial charge in [-0.15, -0.1) is 0 Å². The zero-order valence-corrected chi connectivity index (χ0v) is 41.0. The number of fused-ring (bicyclic) bond motifs is 6. The third-order valence-electron chi connectivity index (χ3n) is 14.9. The smallest absolute Gasteiger partial charge is 0.143 e. The molecular weight excluding hydrogens is 909 g/mol. The second kappa shape index (κ2) is 18.6. The van der Waals surface area contributed by atoms with Gasteiger partial charge in [-0.3, -0.25) is 0 Å². The molecule has 0 radical (unpaired) electrons. The molecule has 3 heteroatoms. The first-order valence-electron chi connectivity index (χ1n) is 25.6. The van der Waals surface area contributed by atoms with Crippen LogP contribution < -0.4 is 4.90 Å². The molecule has 0 N–H and O–H groups in total. The number of hydrogen-bond donors (Lipinski definition) is 0. The van der Waals surface area contributed by atoms with Crippen molar-refractivity contribution in [1.82, 2.24) is 4.57 Å². The zero-order valence-electron chi connectivity index (χ0n) is 41.0. The van der Waals surface area contributed by atoms with Crippen LogP contribution in [0.15, 0.2) is 296 Å². The molecule has 2 heterocycles. The van der Waals surface area contributed by atoms with Crippen molar-refractivity contribution in [1.29, 1.82) is 0 Å². The van der Waals surface area contributed by atoms with Crippen LogP contribution in [0.5, 0.6) is 0 Å². The van der Waals surface area contributed by atoms with E-state index in [1.54, 1.807) is 0 Å². The summed E-state index contributed by atoms with van der Waals surface area (Å²) in [6.07, 6.45) is 0. The molecule has 352 valence electrons. The van der Waals surface area contributed by atoms with Gasteiger partial charge in [-0.25, -0.2) is 0 Å². The molecule has 2 aromatic heterocycles. The van der Waals surface area contributed by atoms with E-state index in [9.17, 15) is 0 Å². The highest BCUT2D eigenvalue weighted by Gasteiger charge is 2.19. The molecule has 75 heavy (non-hydrogen) atoms. The molecule has 0 atom stereocenters. The zero-order chi connectivity index (χ0) is 49.7. The van der Waals surface area contributed by atoms with Gasteiger partial charge in [0.25, 0.3) is 0 Å². The summed E-state index contributed by atoms with van der Waals surface area (Å²) in [5.41, 5.74) is 22.6. The molecule has 0 aliphatic carbocycles. The monoisotopic (exact) mass is 956 g/mol. The van der Waals surface area contributed by atoms with Crippen LogP contribution in [0.25, 0.3) is 116 Å². The van der Waals surface area contributed by atoms with Gasteiger partial charge in [0.15, 0.2) is 0 Å². The lowest BCUT2D eigenvalue weighted by Crippen LogP contribution is -2.09. The Morgan fingerprint density at radius 3 is 1.27 bits per heavy atom. The lowest BCUT2D eigenvalue weighted by Gasteiger charge is -2.26. The molecule has 0 amide bonds. The Kier molecular flexibility index (Phi) is 10.8.